The molecule has 0 nitrogen and oxygen atoms in total. The summed E-state index contributed by atoms with van der Waals surface area (Å²) >= 11 is 0. The summed E-state index contributed by atoms with van der Waals surface area (Å²) in [5, 5.41) is 0. The van der Waals surface area contributed by atoms with Crippen molar-refractivity contribution in [1.29, 1.82) is 0 Å². The molecule has 2 rings (SSSR count). The normalized spacial score (nSPS) is 34.3. The summed E-state index contributed by atoms with van der Waals surface area (Å²) in [7, 11) is 0. The fourth-order valence-corrected chi connectivity index (χ4v) is 3.23. The molecule has 0 spiro atoms. The first-order valence-corrected chi connectivity index (χ1v) is 6.19. The van der Waals surface area contributed by atoms with Gasteiger partial charge >= 0.3 is 0 Å². The zero-order valence-electron chi connectivity index (χ0n) is 9.12. The first-order valence-electron chi connectivity index (χ1n) is 6.19. The molecule has 14 heavy (non-hydrogen) atoms. The Labute approximate surface area is 88.1 Å². The van der Waals surface area contributed by atoms with Crippen LogP contribution in [0.25, 0.3) is 0 Å². The maximum absolute atomic E-state index is 4.00. The van der Waals surface area contributed by atoms with Crippen molar-refractivity contribution in [2.45, 2.75) is 44.9 Å². The Morgan fingerprint density at radius 1 is 1.00 bits per heavy atom. The summed E-state index contributed by atoms with van der Waals surface area (Å²) in [6.07, 6.45) is 16.8. The van der Waals surface area contributed by atoms with E-state index in [0.29, 0.717) is 0 Å². The van der Waals surface area contributed by atoms with E-state index < -0.39 is 0 Å². The molecule has 0 radical (unpaired) electrons. The van der Waals surface area contributed by atoms with E-state index in [1.807, 2.05) is 0 Å². The number of hydrogen-bond acceptors (Lipinski definition) is 0. The molecular formula is C14H22. The van der Waals surface area contributed by atoms with Gasteiger partial charge in [0.05, 0.1) is 0 Å². The SMILES string of the molecule is C=CC1CC=CCC1C1CCCCC1. The molecule has 0 aliphatic heterocycles. The van der Waals surface area contributed by atoms with E-state index in [1.54, 1.807) is 0 Å². The van der Waals surface area contributed by atoms with Crippen LogP contribution in [0.1, 0.15) is 44.9 Å². The maximum atomic E-state index is 4.00. The summed E-state index contributed by atoms with van der Waals surface area (Å²) in [6.45, 7) is 4.00. The lowest BCUT2D eigenvalue weighted by atomic mass is 9.70. The second-order valence-electron chi connectivity index (χ2n) is 4.90. The second-order valence-corrected chi connectivity index (χ2v) is 4.90. The van der Waals surface area contributed by atoms with Gasteiger partial charge in [0.1, 0.15) is 0 Å². The average molecular weight is 190 g/mol. The van der Waals surface area contributed by atoms with Gasteiger partial charge in [-0.3, -0.25) is 0 Å². The van der Waals surface area contributed by atoms with Crippen molar-refractivity contribution in [2.24, 2.45) is 17.8 Å². The first kappa shape index (κ1) is 10.0. The number of allylic oxidation sites excluding steroid dienone is 3. The van der Waals surface area contributed by atoms with E-state index in [1.165, 1.54) is 44.9 Å². The minimum atomic E-state index is 0.767. The zero-order valence-corrected chi connectivity index (χ0v) is 9.12. The summed E-state index contributed by atoms with van der Waals surface area (Å²) < 4.78 is 0. The zero-order chi connectivity index (χ0) is 9.80. The van der Waals surface area contributed by atoms with Crippen LogP contribution < -0.4 is 0 Å². The lowest BCUT2D eigenvalue weighted by Crippen LogP contribution is -2.25. The molecule has 0 heterocycles. The van der Waals surface area contributed by atoms with Gasteiger partial charge in [0.2, 0.25) is 0 Å². The third-order valence-electron chi connectivity index (χ3n) is 4.09. The largest absolute Gasteiger partial charge is 0.103 e. The molecule has 0 bridgehead atoms. The standard InChI is InChI=1S/C14H22/c1-2-12-8-6-7-11-14(12)13-9-4-3-5-10-13/h2,6-7,12-14H,1,3-5,8-11H2. The first-order chi connectivity index (χ1) is 6.92. The molecule has 0 heteroatoms. The van der Waals surface area contributed by atoms with Gasteiger partial charge in [-0.15, -0.1) is 6.58 Å². The Kier molecular flexibility index (Phi) is 3.44. The van der Waals surface area contributed by atoms with Gasteiger partial charge in [-0.25, -0.2) is 0 Å². The molecule has 0 N–H and O–H groups in total. The molecule has 2 atom stereocenters. The average Bonchev–Trinajstić information content (AvgIpc) is 2.30. The van der Waals surface area contributed by atoms with E-state index in [0.717, 1.165) is 17.8 Å². The van der Waals surface area contributed by atoms with Gasteiger partial charge in [-0.1, -0.05) is 50.3 Å². The highest BCUT2D eigenvalue weighted by molar-refractivity contribution is 5.01. The lowest BCUT2D eigenvalue weighted by Gasteiger charge is -2.35. The van der Waals surface area contributed by atoms with Crippen LogP contribution in [0.5, 0.6) is 0 Å². The quantitative estimate of drug-likeness (QED) is 0.568. The van der Waals surface area contributed by atoms with E-state index in [9.17, 15) is 0 Å². The second kappa shape index (κ2) is 4.82. The monoisotopic (exact) mass is 190 g/mol. The molecule has 0 saturated heterocycles. The molecule has 1 fully saturated rings. The Hall–Kier alpha value is -0.520. The van der Waals surface area contributed by atoms with Crippen molar-refractivity contribution >= 4 is 0 Å². The molecular weight excluding hydrogens is 168 g/mol. The Morgan fingerprint density at radius 3 is 2.43 bits per heavy atom. The highest BCUT2D eigenvalue weighted by Gasteiger charge is 2.28. The van der Waals surface area contributed by atoms with Crippen LogP contribution in [0.2, 0.25) is 0 Å². The molecule has 0 amide bonds. The number of rotatable bonds is 2. The van der Waals surface area contributed by atoms with Crippen LogP contribution in [0.4, 0.5) is 0 Å². The van der Waals surface area contributed by atoms with Crippen molar-refractivity contribution in [3.05, 3.63) is 24.8 Å². The molecule has 2 aliphatic carbocycles. The van der Waals surface area contributed by atoms with Gasteiger partial charge in [-0.2, -0.15) is 0 Å². The third kappa shape index (κ3) is 2.10. The number of hydrogen-bond donors (Lipinski definition) is 0. The van der Waals surface area contributed by atoms with Crippen LogP contribution in [-0.4, -0.2) is 0 Å². The summed E-state index contributed by atoms with van der Waals surface area (Å²) in [5.74, 6) is 2.68. The lowest BCUT2D eigenvalue weighted by molar-refractivity contribution is 0.198. The predicted molar refractivity (Wildman–Crippen MR) is 62.1 cm³/mol. The molecule has 78 valence electrons. The minimum Gasteiger partial charge on any atom is -0.103 e. The summed E-state index contributed by atoms with van der Waals surface area (Å²) in [5.41, 5.74) is 0. The van der Waals surface area contributed by atoms with Crippen molar-refractivity contribution in [1.82, 2.24) is 0 Å². The van der Waals surface area contributed by atoms with Crippen LogP contribution in [-0.2, 0) is 0 Å². The van der Waals surface area contributed by atoms with E-state index in [4.69, 9.17) is 0 Å². The molecule has 0 aromatic carbocycles. The maximum Gasteiger partial charge on any atom is -0.0168 e. The van der Waals surface area contributed by atoms with E-state index in [2.05, 4.69) is 24.8 Å². The molecule has 2 unspecified atom stereocenters. The smallest absolute Gasteiger partial charge is 0.0168 e. The van der Waals surface area contributed by atoms with Crippen LogP contribution in [0.15, 0.2) is 24.8 Å². The Balaban J connectivity index is 1.99. The van der Waals surface area contributed by atoms with E-state index in [-0.39, 0.29) is 0 Å². The molecule has 0 aromatic rings. The van der Waals surface area contributed by atoms with Crippen LogP contribution >= 0.6 is 0 Å². The topological polar surface area (TPSA) is 0 Å². The predicted octanol–water partition coefficient (Wildman–Crippen LogP) is 4.34. The fraction of sp³-hybridized carbons (Fsp3) is 0.714. The van der Waals surface area contributed by atoms with Crippen molar-refractivity contribution < 1.29 is 0 Å². The van der Waals surface area contributed by atoms with Crippen molar-refractivity contribution in [2.75, 3.05) is 0 Å². The summed E-state index contributed by atoms with van der Waals surface area (Å²) in [6, 6.07) is 0. The third-order valence-corrected chi connectivity index (χ3v) is 4.09. The highest BCUT2D eigenvalue weighted by Crippen LogP contribution is 2.39. The van der Waals surface area contributed by atoms with Gasteiger partial charge < -0.3 is 0 Å². The molecule has 0 aromatic heterocycles. The van der Waals surface area contributed by atoms with E-state index >= 15 is 0 Å². The fourth-order valence-electron chi connectivity index (χ4n) is 3.23. The Bertz CT molecular complexity index is 208. The van der Waals surface area contributed by atoms with Gasteiger partial charge in [0.15, 0.2) is 0 Å². The van der Waals surface area contributed by atoms with Gasteiger partial charge in [-0.05, 0) is 30.6 Å². The van der Waals surface area contributed by atoms with Crippen molar-refractivity contribution in [3.63, 3.8) is 0 Å². The highest BCUT2D eigenvalue weighted by atomic mass is 14.3. The Morgan fingerprint density at radius 2 is 1.71 bits per heavy atom. The van der Waals surface area contributed by atoms with Gasteiger partial charge in [0.25, 0.3) is 0 Å². The minimum absolute atomic E-state index is 0.767. The van der Waals surface area contributed by atoms with Crippen molar-refractivity contribution in [3.8, 4) is 0 Å². The van der Waals surface area contributed by atoms with Crippen LogP contribution in [0, 0.1) is 17.8 Å². The van der Waals surface area contributed by atoms with Gasteiger partial charge in [0, 0.05) is 0 Å². The van der Waals surface area contributed by atoms with Crippen LogP contribution in [0.3, 0.4) is 0 Å². The molecule has 1 saturated carbocycles. The molecule has 2 aliphatic rings. The summed E-state index contributed by atoms with van der Waals surface area (Å²) in [4.78, 5) is 0.